The number of piperazine rings is 1. The number of benzene rings is 1. The molecule has 3 aliphatic heterocycles. The summed E-state index contributed by atoms with van der Waals surface area (Å²) in [5, 5.41) is 3.62. The number of nitrogen functional groups attached to an aromatic ring is 1. The van der Waals surface area contributed by atoms with Crippen molar-refractivity contribution >= 4 is 34.1 Å². The fourth-order valence-electron chi connectivity index (χ4n) is 6.61. The lowest BCUT2D eigenvalue weighted by atomic mass is 9.99. The van der Waals surface area contributed by atoms with Gasteiger partial charge in [0.15, 0.2) is 5.82 Å². The molecule has 220 valence electrons. The van der Waals surface area contributed by atoms with Crippen LogP contribution in [0.2, 0.25) is 5.02 Å². The highest BCUT2D eigenvalue weighted by molar-refractivity contribution is 6.34. The maximum atomic E-state index is 16.5. The van der Waals surface area contributed by atoms with Crippen molar-refractivity contribution in [1.29, 1.82) is 0 Å². The van der Waals surface area contributed by atoms with Crippen LogP contribution in [0.25, 0.3) is 22.2 Å². The number of halogens is 5. The number of hydrogen-bond acceptors (Lipinski definition) is 8. The number of rotatable bonds is 5. The monoisotopic (exact) mass is 593 g/mol. The van der Waals surface area contributed by atoms with Gasteiger partial charge < -0.3 is 20.7 Å². The number of alkyl halides is 3. The van der Waals surface area contributed by atoms with Crippen LogP contribution >= 0.6 is 11.6 Å². The van der Waals surface area contributed by atoms with E-state index in [1.807, 2.05) is 7.05 Å². The smallest absolute Gasteiger partial charge is 0.418 e. The lowest BCUT2D eigenvalue weighted by Crippen LogP contribution is -2.51. The number of likely N-dealkylation sites (N-methyl/N-ethyl adjacent to an activating group) is 1. The highest BCUT2D eigenvalue weighted by Crippen LogP contribution is 2.45. The van der Waals surface area contributed by atoms with E-state index in [-0.39, 0.29) is 46.1 Å². The molecule has 3 fully saturated rings. The average Bonchev–Trinajstić information content (AvgIpc) is 3.39. The first-order chi connectivity index (χ1) is 19.4. The topological polar surface area (TPSA) is 92.4 Å². The number of nitrogens with one attached hydrogen (secondary N) is 1. The molecule has 1 aromatic carbocycles. The van der Waals surface area contributed by atoms with Crippen molar-refractivity contribution in [3.63, 3.8) is 0 Å². The molecule has 2 bridgehead atoms. The summed E-state index contributed by atoms with van der Waals surface area (Å²) in [6, 6.07) is 3.14. The van der Waals surface area contributed by atoms with Crippen molar-refractivity contribution in [2.24, 2.45) is 5.92 Å². The zero-order valence-electron chi connectivity index (χ0n) is 23.0. The summed E-state index contributed by atoms with van der Waals surface area (Å²) in [6.45, 7) is 5.94. The molecule has 4 atom stereocenters. The van der Waals surface area contributed by atoms with Gasteiger partial charge in [-0.1, -0.05) is 18.5 Å². The summed E-state index contributed by atoms with van der Waals surface area (Å²) in [6.07, 6.45) is -1.85. The second-order valence-corrected chi connectivity index (χ2v) is 12.1. The van der Waals surface area contributed by atoms with Crippen molar-refractivity contribution in [2.45, 2.75) is 57.4 Å². The van der Waals surface area contributed by atoms with Crippen LogP contribution in [0.5, 0.6) is 6.01 Å². The summed E-state index contributed by atoms with van der Waals surface area (Å²) in [7, 11) is 2.02. The lowest BCUT2D eigenvalue weighted by Gasteiger charge is -2.34. The van der Waals surface area contributed by atoms with Gasteiger partial charge in [-0.3, -0.25) is 4.90 Å². The number of aryl methyl sites for hydroxylation is 1. The Balaban J connectivity index is 1.51. The number of anilines is 2. The van der Waals surface area contributed by atoms with Gasteiger partial charge in [0.25, 0.3) is 0 Å². The minimum absolute atomic E-state index is 0.0359. The fourth-order valence-corrected chi connectivity index (χ4v) is 6.90. The Morgan fingerprint density at radius 3 is 2.46 bits per heavy atom. The van der Waals surface area contributed by atoms with Crippen molar-refractivity contribution in [1.82, 2.24) is 25.2 Å². The first kappa shape index (κ1) is 28.2. The highest BCUT2D eigenvalue weighted by atomic mass is 35.5. The van der Waals surface area contributed by atoms with Gasteiger partial charge in [0.2, 0.25) is 0 Å². The quantitative estimate of drug-likeness (QED) is 0.397. The number of hydrogen-bond donors (Lipinski definition) is 2. The molecule has 6 rings (SSSR count). The van der Waals surface area contributed by atoms with E-state index in [4.69, 9.17) is 27.1 Å². The number of likely N-dealkylation sites (tertiary alicyclic amines) is 1. The van der Waals surface area contributed by atoms with Gasteiger partial charge in [-0.25, -0.2) is 9.37 Å². The summed E-state index contributed by atoms with van der Waals surface area (Å²) >= 11 is 6.56. The molecular weight excluding hydrogens is 562 g/mol. The number of pyridine rings is 1. The molecule has 0 aliphatic carbocycles. The van der Waals surface area contributed by atoms with Crippen LogP contribution in [0.3, 0.4) is 0 Å². The Kier molecular flexibility index (Phi) is 7.14. The van der Waals surface area contributed by atoms with Crippen LogP contribution in [0.1, 0.15) is 37.3 Å². The van der Waals surface area contributed by atoms with Crippen LogP contribution in [-0.2, 0) is 6.18 Å². The van der Waals surface area contributed by atoms with Crippen LogP contribution in [0, 0.1) is 18.7 Å². The predicted octanol–water partition coefficient (Wildman–Crippen LogP) is 5.05. The van der Waals surface area contributed by atoms with Gasteiger partial charge in [-0.2, -0.15) is 23.1 Å². The molecular formula is C28H32ClF4N7O. The summed E-state index contributed by atoms with van der Waals surface area (Å²) in [5.74, 6) is -0.262. The summed E-state index contributed by atoms with van der Waals surface area (Å²) in [5.41, 5.74) is 3.15. The zero-order valence-corrected chi connectivity index (χ0v) is 23.8. The van der Waals surface area contributed by atoms with Crippen molar-refractivity contribution < 1.29 is 22.3 Å². The van der Waals surface area contributed by atoms with E-state index in [9.17, 15) is 13.2 Å². The number of nitrogens with two attached hydrogens (primary N) is 1. The van der Waals surface area contributed by atoms with E-state index in [1.165, 1.54) is 13.0 Å². The highest BCUT2D eigenvalue weighted by Gasteiger charge is 2.39. The predicted molar refractivity (Wildman–Crippen MR) is 150 cm³/mol. The SMILES string of the molecule is Cc1cc(N)nc(-c2c(Cl)cc3c(N4CC5CCC(C4)N5)nc(OC[C@@H]4C[C@@H](C)CN4C)nc3c2F)c1C(F)(F)F. The molecule has 8 nitrogen and oxygen atoms in total. The van der Waals surface area contributed by atoms with Gasteiger partial charge >= 0.3 is 12.2 Å². The Morgan fingerprint density at radius 1 is 1.12 bits per heavy atom. The van der Waals surface area contributed by atoms with Crippen LogP contribution in [0.4, 0.5) is 29.2 Å². The standard InChI is InChI=1S/C28H32ClF4N7O/c1-13-6-17(39(3)9-13)12-41-27-37-24-18(26(38-27)40-10-15-4-5-16(11-40)35-15)8-19(29)21(23(24)30)25-22(28(31,32)33)14(2)7-20(34)36-25/h7-8,13,15-17,35H,4-6,9-12H2,1-3H3,(H2,34,36)/t13-,15?,16?,17+/m1/s1. The number of fused-ring (bicyclic) bond motifs is 3. The third-order valence-corrected chi connectivity index (χ3v) is 8.72. The maximum absolute atomic E-state index is 16.5. The minimum Gasteiger partial charge on any atom is -0.462 e. The third kappa shape index (κ3) is 5.25. The Bertz CT molecular complexity index is 1490. The van der Waals surface area contributed by atoms with Crippen molar-refractivity contribution in [2.75, 3.05) is 43.9 Å². The molecule has 0 saturated carbocycles. The molecule has 41 heavy (non-hydrogen) atoms. The van der Waals surface area contributed by atoms with Gasteiger partial charge in [0.05, 0.1) is 21.8 Å². The van der Waals surface area contributed by atoms with Crippen molar-refractivity contribution in [3.05, 3.63) is 34.1 Å². The Hall–Kier alpha value is -2.96. The number of aromatic nitrogens is 3. The fraction of sp³-hybridized carbons (Fsp3) is 0.536. The molecule has 13 heteroatoms. The molecule has 2 aromatic heterocycles. The zero-order chi connectivity index (χ0) is 29.2. The second kappa shape index (κ2) is 10.4. The Morgan fingerprint density at radius 2 is 1.83 bits per heavy atom. The van der Waals surface area contributed by atoms with Gasteiger partial charge in [-0.15, -0.1) is 0 Å². The van der Waals surface area contributed by atoms with E-state index in [0.717, 1.165) is 31.9 Å². The molecule has 0 radical (unpaired) electrons. The molecule has 3 N–H and O–H groups in total. The third-order valence-electron chi connectivity index (χ3n) is 8.42. The minimum atomic E-state index is -4.82. The summed E-state index contributed by atoms with van der Waals surface area (Å²) in [4.78, 5) is 17.2. The first-order valence-electron chi connectivity index (χ1n) is 13.8. The van der Waals surface area contributed by atoms with Crippen LogP contribution in [-0.4, -0.2) is 71.3 Å². The van der Waals surface area contributed by atoms with Crippen LogP contribution in [0.15, 0.2) is 12.1 Å². The van der Waals surface area contributed by atoms with Gasteiger partial charge in [0, 0.05) is 43.1 Å². The largest absolute Gasteiger partial charge is 0.462 e. The number of ether oxygens (including phenoxy) is 1. The van der Waals surface area contributed by atoms with Gasteiger partial charge in [0.1, 0.15) is 23.8 Å². The second-order valence-electron chi connectivity index (χ2n) is 11.6. The van der Waals surface area contributed by atoms with E-state index < -0.39 is 28.8 Å². The van der Waals surface area contributed by atoms with Gasteiger partial charge in [-0.05, 0) is 56.8 Å². The molecule has 3 aromatic rings. The molecule has 5 heterocycles. The average molecular weight is 594 g/mol. The first-order valence-corrected chi connectivity index (χ1v) is 14.1. The normalized spacial score (nSPS) is 24.9. The maximum Gasteiger partial charge on any atom is 0.418 e. The Labute approximate surface area is 240 Å². The summed E-state index contributed by atoms with van der Waals surface area (Å²) < 4.78 is 65.0. The lowest BCUT2D eigenvalue weighted by molar-refractivity contribution is -0.137. The van der Waals surface area contributed by atoms with Crippen LogP contribution < -0.4 is 20.7 Å². The van der Waals surface area contributed by atoms with E-state index in [2.05, 4.69) is 32.0 Å². The molecule has 0 amide bonds. The molecule has 0 spiro atoms. The van der Waals surface area contributed by atoms with E-state index in [1.54, 1.807) is 0 Å². The molecule has 3 saturated heterocycles. The van der Waals surface area contributed by atoms with E-state index >= 15 is 4.39 Å². The van der Waals surface area contributed by atoms with E-state index in [0.29, 0.717) is 36.8 Å². The number of nitrogens with zero attached hydrogens (tertiary/aromatic N) is 5. The van der Waals surface area contributed by atoms with Crippen molar-refractivity contribution in [3.8, 4) is 17.3 Å². The molecule has 3 aliphatic rings. The molecule has 2 unspecified atom stereocenters.